The summed E-state index contributed by atoms with van der Waals surface area (Å²) < 4.78 is 18.2. The lowest BCUT2D eigenvalue weighted by atomic mass is 9.51. The van der Waals surface area contributed by atoms with Crippen LogP contribution in [0.15, 0.2) is 36.2 Å². The summed E-state index contributed by atoms with van der Waals surface area (Å²) in [5.41, 5.74) is 7.37. The predicted octanol–water partition coefficient (Wildman–Crippen LogP) is 3.70. The Kier molecular flexibility index (Phi) is 4.97. The molecule has 3 aliphatic carbocycles. The minimum Gasteiger partial charge on any atom is -0.489 e. The third-order valence-corrected chi connectivity index (χ3v) is 7.15. The summed E-state index contributed by atoms with van der Waals surface area (Å²) in [4.78, 5) is 15.0. The normalized spacial score (nSPS) is 30.1. The molecule has 1 saturated heterocycles. The molecule has 146 valence electrons. The van der Waals surface area contributed by atoms with Crippen LogP contribution in [0, 0.1) is 5.41 Å². The fraction of sp³-hybridized carbons (Fsp3) is 0.591. The molecule has 1 heterocycles. The average molecular weight is 372 g/mol. The Bertz CT molecular complexity index is 700. The van der Waals surface area contributed by atoms with Gasteiger partial charge in [-0.1, -0.05) is 12.1 Å². The molecule has 0 atom stereocenters. The van der Waals surface area contributed by atoms with E-state index in [1.165, 1.54) is 5.56 Å². The highest BCUT2D eigenvalue weighted by Gasteiger charge is 2.54. The molecule has 5 rings (SSSR count). The highest BCUT2D eigenvalue weighted by molar-refractivity contribution is 5.84. The Labute approximate surface area is 160 Å². The van der Waals surface area contributed by atoms with Gasteiger partial charge < -0.3 is 15.4 Å². The second-order valence-corrected chi connectivity index (χ2v) is 8.49. The van der Waals surface area contributed by atoms with Crippen molar-refractivity contribution in [2.24, 2.45) is 11.1 Å². The molecule has 27 heavy (non-hydrogen) atoms. The van der Waals surface area contributed by atoms with Gasteiger partial charge in [0.25, 0.3) is 0 Å². The van der Waals surface area contributed by atoms with Gasteiger partial charge in [0.1, 0.15) is 12.4 Å². The molecule has 4 fully saturated rings. The van der Waals surface area contributed by atoms with E-state index >= 15 is 0 Å². The second-order valence-electron chi connectivity index (χ2n) is 8.49. The Balaban J connectivity index is 1.41. The lowest BCUT2D eigenvalue weighted by Crippen LogP contribution is -2.55. The first-order valence-electron chi connectivity index (χ1n) is 10.1. The van der Waals surface area contributed by atoms with E-state index < -0.39 is 0 Å². The van der Waals surface area contributed by atoms with E-state index in [0.717, 1.165) is 63.8 Å². The summed E-state index contributed by atoms with van der Waals surface area (Å²) in [6, 6.07) is 8.23. The van der Waals surface area contributed by atoms with Crippen molar-refractivity contribution in [2.75, 3.05) is 26.2 Å². The van der Waals surface area contributed by atoms with Crippen LogP contribution in [0.2, 0.25) is 0 Å². The summed E-state index contributed by atoms with van der Waals surface area (Å²) in [5.74, 6) is 1.15. The molecule has 4 aliphatic rings. The molecule has 1 aliphatic heterocycles. The number of carbonyl (C=O) groups is 1. The Morgan fingerprint density at radius 1 is 1.11 bits per heavy atom. The largest absolute Gasteiger partial charge is 0.489 e. The quantitative estimate of drug-likeness (QED) is 0.828. The monoisotopic (exact) mass is 372 g/mol. The van der Waals surface area contributed by atoms with Crippen LogP contribution >= 0.6 is 0 Å². The van der Waals surface area contributed by atoms with E-state index in [9.17, 15) is 9.18 Å². The Morgan fingerprint density at radius 2 is 1.74 bits per heavy atom. The van der Waals surface area contributed by atoms with E-state index in [2.05, 4.69) is 17.0 Å². The van der Waals surface area contributed by atoms with E-state index in [1.54, 1.807) is 0 Å². The first kappa shape index (κ1) is 18.5. The first-order chi connectivity index (χ1) is 13.1. The molecule has 1 amide bonds. The molecule has 0 unspecified atom stereocenters. The highest BCUT2D eigenvalue weighted by atomic mass is 19.1. The lowest BCUT2D eigenvalue weighted by molar-refractivity contribution is -0.153. The van der Waals surface area contributed by atoms with Gasteiger partial charge in [-0.15, -0.1) is 0 Å². The second kappa shape index (κ2) is 7.27. The molecular weight excluding hydrogens is 343 g/mol. The van der Waals surface area contributed by atoms with Crippen molar-refractivity contribution in [1.82, 2.24) is 4.90 Å². The van der Waals surface area contributed by atoms with Gasteiger partial charge in [-0.3, -0.25) is 4.79 Å². The number of nitrogens with zero attached hydrogens (tertiary/aromatic N) is 1. The number of carbonyl (C=O) groups excluding carboxylic acids is 1. The zero-order valence-corrected chi connectivity index (χ0v) is 15.9. The van der Waals surface area contributed by atoms with Gasteiger partial charge >= 0.3 is 0 Å². The topological polar surface area (TPSA) is 55.6 Å². The zero-order valence-electron chi connectivity index (χ0n) is 15.9. The smallest absolute Gasteiger partial charge is 0.228 e. The Hall–Kier alpha value is -1.88. The van der Waals surface area contributed by atoms with Crippen LogP contribution in [0.4, 0.5) is 4.39 Å². The van der Waals surface area contributed by atoms with Crippen molar-refractivity contribution >= 4 is 5.91 Å². The van der Waals surface area contributed by atoms with Crippen LogP contribution in [-0.2, 0) is 10.2 Å². The van der Waals surface area contributed by atoms with Gasteiger partial charge in [0.2, 0.25) is 5.91 Å². The molecule has 0 aromatic heterocycles. The minimum absolute atomic E-state index is 0.0808. The van der Waals surface area contributed by atoms with Crippen molar-refractivity contribution in [3.63, 3.8) is 0 Å². The molecule has 3 saturated carbocycles. The van der Waals surface area contributed by atoms with Crippen LogP contribution in [0.1, 0.15) is 50.5 Å². The maximum atomic E-state index is 12.9. The van der Waals surface area contributed by atoms with Crippen LogP contribution in [0.3, 0.4) is 0 Å². The fourth-order valence-electron chi connectivity index (χ4n) is 5.01. The van der Waals surface area contributed by atoms with E-state index in [-0.39, 0.29) is 24.0 Å². The molecule has 0 radical (unpaired) electrons. The number of nitrogens with two attached hydrogens (primary N) is 1. The highest BCUT2D eigenvalue weighted by Crippen LogP contribution is 2.58. The first-order valence-corrected chi connectivity index (χ1v) is 10.1. The van der Waals surface area contributed by atoms with Gasteiger partial charge in [0, 0.05) is 30.6 Å². The molecule has 0 spiro atoms. The summed E-state index contributed by atoms with van der Waals surface area (Å²) in [6.45, 7) is 2.25. The number of rotatable bonds is 6. The third-order valence-electron chi connectivity index (χ3n) is 7.15. The molecule has 1 aromatic carbocycles. The van der Waals surface area contributed by atoms with E-state index in [4.69, 9.17) is 10.5 Å². The van der Waals surface area contributed by atoms with Crippen molar-refractivity contribution in [3.05, 3.63) is 41.7 Å². The number of fused-ring (bicyclic) bond motifs is 3. The lowest BCUT2D eigenvalue weighted by Gasteiger charge is -2.54. The number of halogens is 1. The molecule has 2 N–H and O–H groups in total. The Morgan fingerprint density at radius 3 is 2.22 bits per heavy atom. The number of benzene rings is 1. The number of likely N-dealkylation sites (tertiary alicyclic amines) is 1. The predicted molar refractivity (Wildman–Crippen MR) is 103 cm³/mol. The molecular formula is C22H29FN2O2. The minimum atomic E-state index is -0.0808. The number of ether oxygens (including phenoxy) is 1. The van der Waals surface area contributed by atoms with Crippen molar-refractivity contribution in [1.29, 1.82) is 0 Å². The zero-order chi connectivity index (χ0) is 18.9. The maximum Gasteiger partial charge on any atom is 0.228 e. The summed E-state index contributed by atoms with van der Waals surface area (Å²) in [7, 11) is 0. The van der Waals surface area contributed by atoms with Gasteiger partial charge in [0.15, 0.2) is 0 Å². The standard InChI is InChI=1S/C22H29FN2O2/c23-14-17(15-24)16-27-19-4-2-18(3-5-19)21-6-9-22(10-7-21,11-8-21)20(26)25-12-1-13-25/h2-5,14H,1,6-13,15-16,24H2/b17-14+. The SMILES string of the molecule is NC/C(=C\F)COc1ccc(C23CCC(C(=O)N4CCC4)(CC2)CC3)cc1. The van der Waals surface area contributed by atoms with Crippen molar-refractivity contribution < 1.29 is 13.9 Å². The number of amides is 1. The molecule has 5 heteroatoms. The summed E-state index contributed by atoms with van der Waals surface area (Å²) in [5, 5.41) is 0. The maximum absolute atomic E-state index is 12.9. The van der Waals surface area contributed by atoms with E-state index in [0.29, 0.717) is 17.8 Å². The average Bonchev–Trinajstić information content (AvgIpc) is 2.69. The van der Waals surface area contributed by atoms with Gasteiger partial charge in [-0.2, -0.15) is 0 Å². The van der Waals surface area contributed by atoms with Crippen LogP contribution in [0.25, 0.3) is 0 Å². The molecule has 1 aromatic rings. The van der Waals surface area contributed by atoms with Crippen molar-refractivity contribution in [3.8, 4) is 5.75 Å². The summed E-state index contributed by atoms with van der Waals surface area (Å²) >= 11 is 0. The fourth-order valence-corrected chi connectivity index (χ4v) is 5.01. The van der Waals surface area contributed by atoms with Gasteiger partial charge in [-0.05, 0) is 68.1 Å². The number of hydrogen-bond acceptors (Lipinski definition) is 3. The van der Waals surface area contributed by atoms with Crippen LogP contribution < -0.4 is 10.5 Å². The third kappa shape index (κ3) is 3.27. The number of hydrogen-bond donors (Lipinski definition) is 1. The molecule has 2 bridgehead atoms. The van der Waals surface area contributed by atoms with E-state index in [1.807, 2.05) is 12.1 Å². The molecule has 4 nitrogen and oxygen atoms in total. The van der Waals surface area contributed by atoms with Crippen LogP contribution in [-0.4, -0.2) is 37.0 Å². The van der Waals surface area contributed by atoms with Gasteiger partial charge in [0.05, 0.1) is 6.33 Å². The van der Waals surface area contributed by atoms with Gasteiger partial charge in [-0.25, -0.2) is 4.39 Å². The summed E-state index contributed by atoms with van der Waals surface area (Å²) in [6.07, 6.45) is 8.00. The van der Waals surface area contributed by atoms with Crippen LogP contribution in [0.5, 0.6) is 5.75 Å². The van der Waals surface area contributed by atoms with Crippen molar-refractivity contribution in [2.45, 2.75) is 50.4 Å².